The lowest BCUT2D eigenvalue weighted by molar-refractivity contribution is 0.442. The van der Waals surface area contributed by atoms with Crippen LogP contribution >= 0.6 is 0 Å². The van der Waals surface area contributed by atoms with Crippen molar-refractivity contribution in [1.29, 1.82) is 0 Å². The van der Waals surface area contributed by atoms with Gasteiger partial charge in [0.05, 0.1) is 0 Å². The maximum Gasteiger partial charge on any atom is 0.153 e. The zero-order valence-electron chi connectivity index (χ0n) is 8.40. The molecule has 1 rings (SSSR count). The Kier molecular flexibility index (Phi) is 2.74. The molecule has 0 spiro atoms. The Labute approximate surface area is 82.2 Å². The van der Waals surface area contributed by atoms with Crippen LogP contribution in [0.1, 0.15) is 30.9 Å². The summed E-state index contributed by atoms with van der Waals surface area (Å²) >= 11 is 0. The first-order chi connectivity index (χ1) is 6.49. The van der Waals surface area contributed by atoms with Crippen molar-refractivity contribution in [3.63, 3.8) is 0 Å². The quantitative estimate of drug-likeness (QED) is 0.713. The second-order valence-electron chi connectivity index (χ2n) is 3.55. The van der Waals surface area contributed by atoms with E-state index < -0.39 is 0 Å². The Morgan fingerprint density at radius 1 is 1.36 bits per heavy atom. The molecule has 1 aromatic rings. The number of benzene rings is 1. The van der Waals surface area contributed by atoms with Crippen molar-refractivity contribution >= 4 is 5.69 Å². The van der Waals surface area contributed by atoms with Crippen molar-refractivity contribution in [2.45, 2.75) is 26.7 Å². The Morgan fingerprint density at radius 2 is 1.93 bits per heavy atom. The molecule has 14 heavy (non-hydrogen) atoms. The molecule has 0 bridgehead atoms. The van der Waals surface area contributed by atoms with E-state index in [1.165, 1.54) is 13.0 Å². The van der Waals surface area contributed by atoms with E-state index in [2.05, 4.69) is 5.18 Å². The van der Waals surface area contributed by atoms with E-state index >= 15 is 0 Å². The van der Waals surface area contributed by atoms with Gasteiger partial charge in [0.2, 0.25) is 0 Å². The molecule has 0 unspecified atom stereocenters. The number of aromatic hydroxyl groups is 2. The number of phenols is 2. The highest BCUT2D eigenvalue weighted by Gasteiger charge is 2.17. The molecule has 0 fully saturated rings. The molecule has 0 radical (unpaired) electrons. The van der Waals surface area contributed by atoms with Crippen LogP contribution in [-0.2, 0) is 0 Å². The second kappa shape index (κ2) is 3.65. The van der Waals surface area contributed by atoms with Crippen molar-refractivity contribution in [3.8, 4) is 11.5 Å². The fourth-order valence-corrected chi connectivity index (χ4v) is 1.30. The molecule has 4 heteroatoms. The van der Waals surface area contributed by atoms with Crippen LogP contribution in [0.2, 0.25) is 0 Å². The van der Waals surface area contributed by atoms with Gasteiger partial charge in [-0.15, -0.1) is 4.91 Å². The minimum Gasteiger partial charge on any atom is -0.508 e. The van der Waals surface area contributed by atoms with Gasteiger partial charge in [0, 0.05) is 5.56 Å². The lowest BCUT2D eigenvalue weighted by atomic mass is 9.98. The minimum atomic E-state index is -0.233. The molecule has 0 aliphatic heterocycles. The monoisotopic (exact) mass is 195 g/mol. The van der Waals surface area contributed by atoms with Crippen molar-refractivity contribution in [3.05, 3.63) is 22.1 Å². The summed E-state index contributed by atoms with van der Waals surface area (Å²) in [6.07, 6.45) is 0. The standard InChI is InChI=1S/C10H13NO3/c1-5(2)7-4-8(12)6(3)10(13)9(7)11-14/h4-5,12-13H,1-3H3. The Balaban J connectivity index is 3.51. The third-order valence-corrected chi connectivity index (χ3v) is 2.24. The van der Waals surface area contributed by atoms with Crippen LogP contribution in [0, 0.1) is 11.8 Å². The highest BCUT2D eigenvalue weighted by atomic mass is 16.3. The van der Waals surface area contributed by atoms with E-state index in [1.807, 2.05) is 13.8 Å². The molecular formula is C10H13NO3. The van der Waals surface area contributed by atoms with Gasteiger partial charge in [-0.1, -0.05) is 13.8 Å². The van der Waals surface area contributed by atoms with Gasteiger partial charge < -0.3 is 10.2 Å². The second-order valence-corrected chi connectivity index (χ2v) is 3.55. The van der Waals surface area contributed by atoms with Gasteiger partial charge in [0.15, 0.2) is 11.4 Å². The summed E-state index contributed by atoms with van der Waals surface area (Å²) in [6.45, 7) is 5.25. The third-order valence-electron chi connectivity index (χ3n) is 2.24. The van der Waals surface area contributed by atoms with E-state index in [4.69, 9.17) is 0 Å². The van der Waals surface area contributed by atoms with Gasteiger partial charge in [0.1, 0.15) is 5.75 Å². The fraction of sp³-hybridized carbons (Fsp3) is 0.400. The Hall–Kier alpha value is -1.58. The van der Waals surface area contributed by atoms with E-state index in [1.54, 1.807) is 0 Å². The molecule has 0 saturated carbocycles. The summed E-state index contributed by atoms with van der Waals surface area (Å²) in [5.74, 6) is -0.220. The molecule has 0 heterocycles. The van der Waals surface area contributed by atoms with Gasteiger partial charge in [-0.25, -0.2) is 0 Å². The zero-order chi connectivity index (χ0) is 10.9. The minimum absolute atomic E-state index is 0.0152. The Bertz CT molecular complexity index is 372. The molecule has 0 aliphatic carbocycles. The molecule has 0 amide bonds. The highest BCUT2D eigenvalue weighted by molar-refractivity contribution is 5.65. The number of rotatable bonds is 2. The molecule has 0 saturated heterocycles. The van der Waals surface area contributed by atoms with Crippen LogP contribution in [0.3, 0.4) is 0 Å². The molecule has 4 nitrogen and oxygen atoms in total. The van der Waals surface area contributed by atoms with Crippen LogP contribution in [0.4, 0.5) is 5.69 Å². The van der Waals surface area contributed by atoms with Gasteiger partial charge in [-0.2, -0.15) is 0 Å². The summed E-state index contributed by atoms with van der Waals surface area (Å²) in [6, 6.07) is 1.47. The topological polar surface area (TPSA) is 69.9 Å². The first-order valence-corrected chi connectivity index (χ1v) is 4.37. The first kappa shape index (κ1) is 10.5. The van der Waals surface area contributed by atoms with Gasteiger partial charge in [0.25, 0.3) is 0 Å². The maximum atomic E-state index is 10.5. The molecule has 1 aromatic carbocycles. The normalized spacial score (nSPS) is 10.6. The van der Waals surface area contributed by atoms with Gasteiger partial charge >= 0.3 is 0 Å². The van der Waals surface area contributed by atoms with Gasteiger partial charge in [-0.05, 0) is 29.6 Å². The van der Waals surface area contributed by atoms with Crippen LogP contribution < -0.4 is 0 Å². The number of nitroso groups, excluding NO2 is 1. The summed E-state index contributed by atoms with van der Waals surface area (Å²) in [7, 11) is 0. The fourth-order valence-electron chi connectivity index (χ4n) is 1.30. The number of hydrogen-bond acceptors (Lipinski definition) is 4. The molecule has 0 atom stereocenters. The van der Waals surface area contributed by atoms with Crippen molar-refractivity contribution in [1.82, 2.24) is 0 Å². The van der Waals surface area contributed by atoms with Crippen molar-refractivity contribution in [2.24, 2.45) is 5.18 Å². The van der Waals surface area contributed by atoms with E-state index in [9.17, 15) is 15.1 Å². The number of nitrogens with zero attached hydrogens (tertiary/aromatic N) is 1. The molecule has 76 valence electrons. The largest absolute Gasteiger partial charge is 0.508 e. The number of phenolic OH excluding ortho intramolecular Hbond substituents is 2. The average Bonchev–Trinajstić information content (AvgIpc) is 2.13. The zero-order valence-corrected chi connectivity index (χ0v) is 8.40. The smallest absolute Gasteiger partial charge is 0.153 e. The van der Waals surface area contributed by atoms with E-state index in [0.717, 1.165) is 0 Å². The molecule has 2 N–H and O–H groups in total. The lowest BCUT2D eigenvalue weighted by Crippen LogP contribution is -1.90. The highest BCUT2D eigenvalue weighted by Crippen LogP contribution is 2.41. The van der Waals surface area contributed by atoms with Gasteiger partial charge in [-0.3, -0.25) is 0 Å². The SMILES string of the molecule is Cc1c(O)cc(C(C)C)c(N=O)c1O. The molecule has 0 aromatic heterocycles. The van der Waals surface area contributed by atoms with Crippen LogP contribution in [0.25, 0.3) is 0 Å². The third kappa shape index (κ3) is 1.55. The summed E-state index contributed by atoms with van der Waals surface area (Å²) in [5, 5.41) is 21.8. The van der Waals surface area contributed by atoms with Crippen molar-refractivity contribution < 1.29 is 10.2 Å². The van der Waals surface area contributed by atoms with E-state index in [0.29, 0.717) is 5.56 Å². The maximum absolute atomic E-state index is 10.5. The summed E-state index contributed by atoms with van der Waals surface area (Å²) in [5.41, 5.74) is 0.861. The average molecular weight is 195 g/mol. The lowest BCUT2D eigenvalue weighted by Gasteiger charge is -2.12. The predicted molar refractivity (Wildman–Crippen MR) is 54.1 cm³/mol. The number of hydrogen-bond donors (Lipinski definition) is 2. The first-order valence-electron chi connectivity index (χ1n) is 4.37. The summed E-state index contributed by atoms with van der Waals surface area (Å²) in [4.78, 5) is 10.5. The molecule has 0 aliphatic rings. The Morgan fingerprint density at radius 3 is 2.36 bits per heavy atom. The van der Waals surface area contributed by atoms with Crippen LogP contribution in [-0.4, -0.2) is 10.2 Å². The molecular weight excluding hydrogens is 182 g/mol. The van der Waals surface area contributed by atoms with Crippen LogP contribution in [0.5, 0.6) is 11.5 Å². The van der Waals surface area contributed by atoms with E-state index in [-0.39, 0.29) is 28.7 Å². The van der Waals surface area contributed by atoms with Crippen molar-refractivity contribution in [2.75, 3.05) is 0 Å². The predicted octanol–water partition coefficient (Wildman–Crippen LogP) is 2.93. The van der Waals surface area contributed by atoms with Crippen LogP contribution in [0.15, 0.2) is 11.2 Å². The summed E-state index contributed by atoms with van der Waals surface area (Å²) < 4.78 is 0.